The summed E-state index contributed by atoms with van der Waals surface area (Å²) in [5.41, 5.74) is 1.70. The van der Waals surface area contributed by atoms with Crippen molar-refractivity contribution in [2.45, 2.75) is 13.5 Å². The molecule has 1 aromatic carbocycles. The normalized spacial score (nSPS) is 10.8. The number of hydrogen-bond acceptors (Lipinski definition) is 4. The van der Waals surface area contributed by atoms with Crippen LogP contribution >= 0.6 is 0 Å². The molecule has 0 saturated heterocycles. The van der Waals surface area contributed by atoms with Gasteiger partial charge in [0, 0.05) is 24.0 Å². The molecule has 0 atom stereocenters. The van der Waals surface area contributed by atoms with Gasteiger partial charge in [-0.25, -0.2) is 4.98 Å². The Morgan fingerprint density at radius 1 is 1.22 bits per heavy atom. The fourth-order valence-electron chi connectivity index (χ4n) is 2.07. The Kier molecular flexibility index (Phi) is 4.12. The number of pyridine rings is 1. The number of benzene rings is 1. The monoisotopic (exact) mass is 246 g/mol. The van der Waals surface area contributed by atoms with Crippen molar-refractivity contribution in [2.75, 3.05) is 24.6 Å². The Hall–Kier alpha value is -1.65. The van der Waals surface area contributed by atoms with Gasteiger partial charge in [0.2, 0.25) is 0 Å². The lowest BCUT2D eigenvalue weighted by atomic mass is 10.1. The van der Waals surface area contributed by atoms with E-state index in [-0.39, 0.29) is 13.2 Å². The number of hydrogen-bond donors (Lipinski definition) is 2. The number of rotatable bonds is 5. The molecule has 2 aromatic rings. The van der Waals surface area contributed by atoms with E-state index in [2.05, 4.69) is 4.98 Å². The molecule has 2 N–H and O–H groups in total. The van der Waals surface area contributed by atoms with E-state index in [1.807, 2.05) is 42.2 Å². The minimum atomic E-state index is -0.0465. The van der Waals surface area contributed by atoms with Crippen LogP contribution in [0.25, 0.3) is 10.9 Å². The first kappa shape index (κ1) is 12.8. The molecule has 4 heteroatoms. The van der Waals surface area contributed by atoms with Crippen molar-refractivity contribution in [1.82, 2.24) is 4.98 Å². The van der Waals surface area contributed by atoms with Crippen molar-refractivity contribution in [3.63, 3.8) is 0 Å². The van der Waals surface area contributed by atoms with Crippen LogP contribution in [0.1, 0.15) is 12.5 Å². The predicted molar refractivity (Wildman–Crippen MR) is 72.6 cm³/mol. The molecule has 0 radical (unpaired) electrons. The molecule has 0 fully saturated rings. The smallest absolute Gasteiger partial charge is 0.134 e. The molecular formula is C14H18N2O2. The van der Waals surface area contributed by atoms with Crippen LogP contribution in [-0.2, 0) is 6.61 Å². The first-order valence-corrected chi connectivity index (χ1v) is 6.15. The van der Waals surface area contributed by atoms with Gasteiger partial charge < -0.3 is 15.1 Å². The van der Waals surface area contributed by atoms with Crippen LogP contribution in [0.3, 0.4) is 0 Å². The maximum absolute atomic E-state index is 9.46. The zero-order valence-electron chi connectivity index (χ0n) is 10.5. The molecule has 1 heterocycles. The van der Waals surface area contributed by atoms with Crippen LogP contribution in [0.4, 0.5) is 5.82 Å². The third-order valence-corrected chi connectivity index (χ3v) is 3.00. The summed E-state index contributed by atoms with van der Waals surface area (Å²) in [6, 6.07) is 9.79. The van der Waals surface area contributed by atoms with E-state index in [9.17, 15) is 5.11 Å². The lowest BCUT2D eigenvalue weighted by molar-refractivity contribution is 0.280. The van der Waals surface area contributed by atoms with E-state index in [0.29, 0.717) is 6.54 Å². The summed E-state index contributed by atoms with van der Waals surface area (Å²) in [5, 5.41) is 19.6. The van der Waals surface area contributed by atoms with Gasteiger partial charge in [-0.05, 0) is 19.1 Å². The molecule has 0 spiro atoms. The van der Waals surface area contributed by atoms with Gasteiger partial charge in [0.1, 0.15) is 5.82 Å². The lowest BCUT2D eigenvalue weighted by Gasteiger charge is -2.23. The minimum Gasteiger partial charge on any atom is -0.395 e. The van der Waals surface area contributed by atoms with Gasteiger partial charge >= 0.3 is 0 Å². The maximum Gasteiger partial charge on any atom is 0.134 e. The second kappa shape index (κ2) is 5.80. The van der Waals surface area contributed by atoms with Gasteiger partial charge in [0.25, 0.3) is 0 Å². The van der Waals surface area contributed by atoms with Crippen LogP contribution in [0.15, 0.2) is 30.3 Å². The first-order valence-electron chi connectivity index (χ1n) is 6.15. The SMILES string of the molecule is CCN(CCO)c1nc2ccccc2cc1CO. The number of nitrogens with zero attached hydrogens (tertiary/aromatic N) is 2. The van der Waals surface area contributed by atoms with Gasteiger partial charge in [-0.15, -0.1) is 0 Å². The summed E-state index contributed by atoms with van der Waals surface area (Å²) in [5.74, 6) is 0.757. The van der Waals surface area contributed by atoms with Crippen LogP contribution in [0, 0.1) is 0 Å². The molecule has 0 aliphatic rings. The number of aliphatic hydroxyl groups is 2. The van der Waals surface area contributed by atoms with E-state index in [4.69, 9.17) is 5.11 Å². The van der Waals surface area contributed by atoms with Crippen LogP contribution in [-0.4, -0.2) is 34.9 Å². The Bertz CT molecular complexity index is 528. The zero-order chi connectivity index (χ0) is 13.0. The summed E-state index contributed by atoms with van der Waals surface area (Å²) >= 11 is 0. The highest BCUT2D eigenvalue weighted by Crippen LogP contribution is 2.23. The summed E-state index contributed by atoms with van der Waals surface area (Å²) in [6.07, 6.45) is 0. The molecule has 0 aliphatic heterocycles. The number of aromatic nitrogens is 1. The van der Waals surface area contributed by atoms with E-state index < -0.39 is 0 Å². The molecule has 0 amide bonds. The van der Waals surface area contributed by atoms with Crippen LogP contribution in [0.2, 0.25) is 0 Å². The quantitative estimate of drug-likeness (QED) is 0.840. The van der Waals surface area contributed by atoms with Crippen molar-refractivity contribution < 1.29 is 10.2 Å². The summed E-state index contributed by atoms with van der Waals surface area (Å²) in [6.45, 7) is 3.31. The standard InChI is InChI=1S/C14H18N2O2/c1-2-16(7-8-17)14-12(10-18)9-11-5-3-4-6-13(11)15-14/h3-6,9,17-18H,2,7-8,10H2,1H3. The minimum absolute atomic E-state index is 0.0465. The molecule has 0 saturated carbocycles. The molecule has 0 bridgehead atoms. The molecule has 2 rings (SSSR count). The van der Waals surface area contributed by atoms with Gasteiger partial charge in [0.15, 0.2) is 0 Å². The molecule has 4 nitrogen and oxygen atoms in total. The number of anilines is 1. The Morgan fingerprint density at radius 2 is 2.00 bits per heavy atom. The Labute approximate surface area is 107 Å². The number of fused-ring (bicyclic) bond motifs is 1. The highest BCUT2D eigenvalue weighted by atomic mass is 16.3. The van der Waals surface area contributed by atoms with Gasteiger partial charge in [-0.3, -0.25) is 0 Å². The topological polar surface area (TPSA) is 56.6 Å². The highest BCUT2D eigenvalue weighted by Gasteiger charge is 2.12. The van der Waals surface area contributed by atoms with Crippen LogP contribution < -0.4 is 4.90 Å². The largest absolute Gasteiger partial charge is 0.395 e. The first-order chi connectivity index (χ1) is 8.80. The third-order valence-electron chi connectivity index (χ3n) is 3.00. The molecule has 0 unspecified atom stereocenters. The van der Waals surface area contributed by atoms with E-state index >= 15 is 0 Å². The second-order valence-corrected chi connectivity index (χ2v) is 4.13. The average molecular weight is 246 g/mol. The fraction of sp³-hybridized carbons (Fsp3) is 0.357. The molecule has 96 valence electrons. The highest BCUT2D eigenvalue weighted by molar-refractivity contribution is 5.81. The van der Waals surface area contributed by atoms with Gasteiger partial charge in [-0.1, -0.05) is 18.2 Å². The van der Waals surface area contributed by atoms with Crippen molar-refractivity contribution in [3.05, 3.63) is 35.9 Å². The number of para-hydroxylation sites is 1. The predicted octanol–water partition coefficient (Wildman–Crippen LogP) is 1.55. The molecular weight excluding hydrogens is 228 g/mol. The second-order valence-electron chi connectivity index (χ2n) is 4.13. The van der Waals surface area contributed by atoms with Crippen LogP contribution in [0.5, 0.6) is 0 Å². The zero-order valence-corrected chi connectivity index (χ0v) is 10.5. The fourth-order valence-corrected chi connectivity index (χ4v) is 2.07. The summed E-state index contributed by atoms with van der Waals surface area (Å²) in [7, 11) is 0. The van der Waals surface area contributed by atoms with E-state index in [1.165, 1.54) is 0 Å². The lowest BCUT2D eigenvalue weighted by Crippen LogP contribution is -2.28. The Balaban J connectivity index is 2.53. The van der Waals surface area contributed by atoms with E-state index in [1.54, 1.807) is 0 Å². The molecule has 1 aromatic heterocycles. The number of likely N-dealkylation sites (N-methyl/N-ethyl adjacent to an activating group) is 1. The summed E-state index contributed by atoms with van der Waals surface area (Å²) in [4.78, 5) is 6.56. The molecule has 0 aliphatic carbocycles. The summed E-state index contributed by atoms with van der Waals surface area (Å²) < 4.78 is 0. The molecule has 18 heavy (non-hydrogen) atoms. The maximum atomic E-state index is 9.46. The number of aliphatic hydroxyl groups excluding tert-OH is 2. The Morgan fingerprint density at radius 3 is 2.67 bits per heavy atom. The van der Waals surface area contributed by atoms with Gasteiger partial charge in [-0.2, -0.15) is 0 Å². The third kappa shape index (κ3) is 2.44. The van der Waals surface area contributed by atoms with Crippen molar-refractivity contribution in [1.29, 1.82) is 0 Å². The van der Waals surface area contributed by atoms with Crippen molar-refractivity contribution in [2.24, 2.45) is 0 Å². The van der Waals surface area contributed by atoms with Gasteiger partial charge in [0.05, 0.1) is 18.7 Å². The van der Waals surface area contributed by atoms with E-state index in [0.717, 1.165) is 28.8 Å². The van der Waals surface area contributed by atoms with Crippen molar-refractivity contribution >= 4 is 16.7 Å². The average Bonchev–Trinajstić information content (AvgIpc) is 2.43. The van der Waals surface area contributed by atoms with Crippen molar-refractivity contribution in [3.8, 4) is 0 Å².